The van der Waals surface area contributed by atoms with E-state index in [2.05, 4.69) is 9.97 Å². The van der Waals surface area contributed by atoms with Crippen molar-refractivity contribution < 1.29 is 13.2 Å². The summed E-state index contributed by atoms with van der Waals surface area (Å²) < 4.78 is 42.5. The summed E-state index contributed by atoms with van der Waals surface area (Å²) in [5, 5.41) is 0. The van der Waals surface area contributed by atoms with E-state index in [9.17, 15) is 13.2 Å². The SMILES string of the molecule is N[C@H]1Cc2c(nc3ncccn23)C[C@@H]1c1cc(F)c(F)cc1F. The van der Waals surface area contributed by atoms with Crippen LogP contribution in [0.2, 0.25) is 0 Å². The molecule has 1 aliphatic carbocycles. The normalized spacial score (nSPS) is 20.7. The fraction of sp³-hybridized carbons (Fsp3) is 0.250. The van der Waals surface area contributed by atoms with E-state index < -0.39 is 29.4 Å². The van der Waals surface area contributed by atoms with Gasteiger partial charge in [-0.1, -0.05) is 0 Å². The van der Waals surface area contributed by atoms with Crippen LogP contribution in [0.4, 0.5) is 13.2 Å². The second-order valence-corrected chi connectivity index (χ2v) is 5.76. The van der Waals surface area contributed by atoms with Crippen LogP contribution >= 0.6 is 0 Å². The van der Waals surface area contributed by atoms with Gasteiger partial charge in [0.2, 0.25) is 5.78 Å². The van der Waals surface area contributed by atoms with E-state index in [0.717, 1.165) is 17.5 Å². The van der Waals surface area contributed by atoms with Gasteiger partial charge in [0.05, 0.1) is 5.69 Å². The summed E-state index contributed by atoms with van der Waals surface area (Å²) in [6, 6.07) is 2.84. The van der Waals surface area contributed by atoms with Crippen LogP contribution in [0, 0.1) is 17.5 Å². The van der Waals surface area contributed by atoms with Crippen molar-refractivity contribution >= 4 is 5.78 Å². The molecule has 118 valence electrons. The third kappa shape index (κ3) is 2.19. The van der Waals surface area contributed by atoms with Gasteiger partial charge < -0.3 is 5.73 Å². The fourth-order valence-corrected chi connectivity index (χ4v) is 3.25. The molecular weight excluding hydrogens is 305 g/mol. The summed E-state index contributed by atoms with van der Waals surface area (Å²) >= 11 is 0. The Hall–Kier alpha value is -2.41. The van der Waals surface area contributed by atoms with Crippen LogP contribution in [0.5, 0.6) is 0 Å². The van der Waals surface area contributed by atoms with Crippen molar-refractivity contribution in [2.24, 2.45) is 5.73 Å². The Morgan fingerprint density at radius 1 is 1.09 bits per heavy atom. The molecule has 0 fully saturated rings. The molecule has 0 saturated heterocycles. The minimum atomic E-state index is -1.20. The lowest BCUT2D eigenvalue weighted by Crippen LogP contribution is -2.37. The maximum atomic E-state index is 14.1. The zero-order valence-corrected chi connectivity index (χ0v) is 12.0. The molecule has 0 aliphatic heterocycles. The first-order chi connectivity index (χ1) is 11.0. The van der Waals surface area contributed by atoms with Crippen LogP contribution in [-0.4, -0.2) is 20.4 Å². The first-order valence-corrected chi connectivity index (χ1v) is 7.25. The number of imidazole rings is 1. The Labute approximate surface area is 129 Å². The van der Waals surface area contributed by atoms with Gasteiger partial charge in [0.15, 0.2) is 11.6 Å². The predicted molar refractivity (Wildman–Crippen MR) is 77.4 cm³/mol. The third-order valence-corrected chi connectivity index (χ3v) is 4.38. The molecule has 1 aliphatic rings. The highest BCUT2D eigenvalue weighted by molar-refractivity contribution is 5.40. The van der Waals surface area contributed by atoms with E-state index in [4.69, 9.17) is 5.73 Å². The number of benzene rings is 1. The van der Waals surface area contributed by atoms with Crippen molar-refractivity contribution in [3.63, 3.8) is 0 Å². The van der Waals surface area contributed by atoms with Gasteiger partial charge in [-0.2, -0.15) is 0 Å². The highest BCUT2D eigenvalue weighted by Gasteiger charge is 2.32. The Bertz CT molecular complexity index is 906. The summed E-state index contributed by atoms with van der Waals surface area (Å²) in [4.78, 5) is 8.62. The fourth-order valence-electron chi connectivity index (χ4n) is 3.25. The summed E-state index contributed by atoms with van der Waals surface area (Å²) in [7, 11) is 0. The second kappa shape index (κ2) is 5.06. The number of nitrogens with zero attached hydrogens (tertiary/aromatic N) is 3. The molecule has 4 rings (SSSR count). The molecule has 0 saturated carbocycles. The summed E-state index contributed by atoms with van der Waals surface area (Å²) in [6.45, 7) is 0. The van der Waals surface area contributed by atoms with Gasteiger partial charge >= 0.3 is 0 Å². The second-order valence-electron chi connectivity index (χ2n) is 5.76. The number of halogens is 3. The molecule has 3 aromatic rings. The molecular formula is C16H13F3N4. The van der Waals surface area contributed by atoms with Gasteiger partial charge in [-0.05, 0) is 17.7 Å². The van der Waals surface area contributed by atoms with E-state index in [0.29, 0.717) is 24.7 Å². The summed E-state index contributed by atoms with van der Waals surface area (Å²) in [5.74, 6) is -2.96. The molecule has 0 spiro atoms. The molecule has 0 unspecified atom stereocenters. The lowest BCUT2D eigenvalue weighted by molar-refractivity contribution is 0.446. The van der Waals surface area contributed by atoms with E-state index in [-0.39, 0.29) is 5.56 Å². The van der Waals surface area contributed by atoms with Crippen molar-refractivity contribution in [2.45, 2.75) is 24.8 Å². The molecule has 1 aromatic carbocycles. The van der Waals surface area contributed by atoms with Crippen LogP contribution < -0.4 is 5.73 Å². The van der Waals surface area contributed by atoms with Crippen molar-refractivity contribution in [3.8, 4) is 0 Å². The Morgan fingerprint density at radius 3 is 2.70 bits per heavy atom. The molecule has 23 heavy (non-hydrogen) atoms. The van der Waals surface area contributed by atoms with E-state index >= 15 is 0 Å². The topological polar surface area (TPSA) is 56.2 Å². The molecule has 2 N–H and O–H groups in total. The number of hydrogen-bond acceptors (Lipinski definition) is 3. The monoisotopic (exact) mass is 318 g/mol. The maximum absolute atomic E-state index is 14.1. The molecule has 2 atom stereocenters. The van der Waals surface area contributed by atoms with Gasteiger partial charge in [0.25, 0.3) is 0 Å². The summed E-state index contributed by atoms with van der Waals surface area (Å²) in [5.41, 5.74) is 7.97. The summed E-state index contributed by atoms with van der Waals surface area (Å²) in [6.07, 6.45) is 4.31. The van der Waals surface area contributed by atoms with E-state index in [1.165, 1.54) is 0 Å². The van der Waals surface area contributed by atoms with Crippen LogP contribution in [0.15, 0.2) is 30.6 Å². The minimum Gasteiger partial charge on any atom is -0.327 e. The zero-order chi connectivity index (χ0) is 16.1. The number of aromatic nitrogens is 3. The molecule has 7 heteroatoms. The van der Waals surface area contributed by atoms with Gasteiger partial charge in [0, 0.05) is 49.0 Å². The Morgan fingerprint density at radius 2 is 1.87 bits per heavy atom. The number of hydrogen-bond donors (Lipinski definition) is 1. The van der Waals surface area contributed by atoms with E-state index in [1.54, 1.807) is 12.3 Å². The molecule has 0 radical (unpaired) electrons. The van der Waals surface area contributed by atoms with Gasteiger partial charge in [0.1, 0.15) is 5.82 Å². The predicted octanol–water partition coefficient (Wildman–Crippen LogP) is 2.36. The van der Waals surface area contributed by atoms with Crippen LogP contribution in [0.1, 0.15) is 22.9 Å². The third-order valence-electron chi connectivity index (χ3n) is 4.38. The Kier molecular flexibility index (Phi) is 3.12. The largest absolute Gasteiger partial charge is 0.327 e. The van der Waals surface area contributed by atoms with E-state index in [1.807, 2.05) is 10.6 Å². The van der Waals surface area contributed by atoms with Gasteiger partial charge in [-0.25, -0.2) is 23.1 Å². The smallest absolute Gasteiger partial charge is 0.234 e. The first-order valence-electron chi connectivity index (χ1n) is 7.25. The van der Waals surface area contributed by atoms with Crippen LogP contribution in [0.25, 0.3) is 5.78 Å². The minimum absolute atomic E-state index is 0.0899. The maximum Gasteiger partial charge on any atom is 0.234 e. The van der Waals surface area contributed by atoms with Crippen molar-refractivity contribution in [2.75, 3.05) is 0 Å². The van der Waals surface area contributed by atoms with Crippen molar-refractivity contribution in [1.29, 1.82) is 0 Å². The number of rotatable bonds is 1. The number of fused-ring (bicyclic) bond motifs is 3. The molecule has 2 aromatic heterocycles. The van der Waals surface area contributed by atoms with Gasteiger partial charge in [-0.15, -0.1) is 0 Å². The number of nitrogens with two attached hydrogens (primary N) is 1. The van der Waals surface area contributed by atoms with Crippen LogP contribution in [-0.2, 0) is 12.8 Å². The van der Waals surface area contributed by atoms with Gasteiger partial charge in [-0.3, -0.25) is 4.40 Å². The molecule has 2 heterocycles. The molecule has 4 nitrogen and oxygen atoms in total. The van der Waals surface area contributed by atoms with Crippen molar-refractivity contribution in [3.05, 3.63) is 65.0 Å². The quantitative estimate of drug-likeness (QED) is 0.701. The highest BCUT2D eigenvalue weighted by Crippen LogP contribution is 2.34. The molecule has 0 bridgehead atoms. The standard InChI is InChI=1S/C16H13F3N4/c17-10-6-12(19)11(18)4-8(10)9-5-14-15(7-13(9)20)23-3-1-2-21-16(23)22-14/h1-4,6,9,13H,5,7,20H2/t9-,13+/m1/s1. The average Bonchev–Trinajstić information content (AvgIpc) is 2.88. The Balaban J connectivity index is 1.79. The lowest BCUT2D eigenvalue weighted by Gasteiger charge is -2.29. The average molecular weight is 318 g/mol. The zero-order valence-electron chi connectivity index (χ0n) is 12.0. The molecule has 0 amide bonds. The van der Waals surface area contributed by atoms with Crippen molar-refractivity contribution in [1.82, 2.24) is 14.4 Å². The highest BCUT2D eigenvalue weighted by atomic mass is 19.2. The van der Waals surface area contributed by atoms with Crippen LogP contribution in [0.3, 0.4) is 0 Å². The lowest BCUT2D eigenvalue weighted by atomic mass is 9.80. The first kappa shape index (κ1) is 14.2.